The average Bonchev–Trinajstić information content (AvgIpc) is 2.51. The highest BCUT2D eigenvalue weighted by Gasteiger charge is 2.30. The van der Waals surface area contributed by atoms with E-state index in [9.17, 15) is 23.1 Å². The summed E-state index contributed by atoms with van der Waals surface area (Å²) < 4.78 is 37.5. The van der Waals surface area contributed by atoms with Gasteiger partial charge in [0.25, 0.3) is 5.91 Å². The number of amides is 1. The smallest absolute Gasteiger partial charge is 0.386 e. The molecule has 0 saturated heterocycles. The van der Waals surface area contributed by atoms with Gasteiger partial charge in [0.2, 0.25) is 0 Å². The molecule has 0 spiro atoms. The van der Waals surface area contributed by atoms with Crippen molar-refractivity contribution >= 4 is 5.91 Å². The van der Waals surface area contributed by atoms with Crippen LogP contribution >= 0.6 is 0 Å². The lowest BCUT2D eigenvalue weighted by atomic mass is 9.97. The van der Waals surface area contributed by atoms with E-state index >= 15 is 0 Å². The van der Waals surface area contributed by atoms with Crippen LogP contribution in [0.5, 0.6) is 0 Å². The molecule has 0 aromatic heterocycles. The summed E-state index contributed by atoms with van der Waals surface area (Å²) in [5, 5.41) is 12.5. The number of carbonyl (C=O) groups excluding carboxylic acids is 1. The van der Waals surface area contributed by atoms with E-state index in [1.807, 2.05) is 0 Å². The molecular formula is C18H18F3NO2. The van der Waals surface area contributed by atoms with Crippen molar-refractivity contribution in [1.82, 2.24) is 5.32 Å². The number of aliphatic hydroxyl groups is 1. The van der Waals surface area contributed by atoms with Gasteiger partial charge in [-0.2, -0.15) is 13.2 Å². The van der Waals surface area contributed by atoms with E-state index in [0.29, 0.717) is 0 Å². The maximum absolute atomic E-state index is 12.5. The summed E-state index contributed by atoms with van der Waals surface area (Å²) in [6, 6.07) is 11.1. The monoisotopic (exact) mass is 337 g/mol. The van der Waals surface area contributed by atoms with Crippen LogP contribution in [-0.4, -0.2) is 11.0 Å². The van der Waals surface area contributed by atoms with Gasteiger partial charge in [-0.05, 0) is 49.2 Å². The zero-order valence-electron chi connectivity index (χ0n) is 13.3. The molecule has 2 aromatic rings. The first-order valence-corrected chi connectivity index (χ1v) is 7.34. The Hall–Kier alpha value is -2.34. The zero-order valence-corrected chi connectivity index (χ0v) is 13.3. The number of carbonyl (C=O) groups is 1. The minimum atomic E-state index is -4.42. The van der Waals surface area contributed by atoms with E-state index < -0.39 is 23.2 Å². The molecule has 0 radical (unpaired) electrons. The van der Waals surface area contributed by atoms with Crippen molar-refractivity contribution in [2.75, 3.05) is 0 Å². The van der Waals surface area contributed by atoms with Crippen molar-refractivity contribution in [3.05, 3.63) is 70.8 Å². The van der Waals surface area contributed by atoms with Gasteiger partial charge >= 0.3 is 6.18 Å². The van der Waals surface area contributed by atoms with Crippen molar-refractivity contribution in [1.29, 1.82) is 0 Å². The van der Waals surface area contributed by atoms with Crippen LogP contribution in [0.15, 0.2) is 48.5 Å². The number of nitrogens with one attached hydrogen (secondary N) is 1. The molecule has 2 aromatic carbocycles. The topological polar surface area (TPSA) is 49.3 Å². The second-order valence-electron chi connectivity index (χ2n) is 6.01. The molecule has 0 heterocycles. The number of hydrogen-bond donors (Lipinski definition) is 2. The van der Waals surface area contributed by atoms with Crippen LogP contribution in [-0.2, 0) is 18.3 Å². The second kappa shape index (κ2) is 6.65. The van der Waals surface area contributed by atoms with Crippen LogP contribution in [0.3, 0.4) is 0 Å². The average molecular weight is 337 g/mol. The first kappa shape index (κ1) is 18.0. The van der Waals surface area contributed by atoms with Crippen LogP contribution in [0.2, 0.25) is 0 Å². The first-order valence-electron chi connectivity index (χ1n) is 7.34. The summed E-state index contributed by atoms with van der Waals surface area (Å²) in [4.78, 5) is 12.0. The standard InChI is InChI=1S/C18H18F3NO2/c1-17(2,24)14-7-3-12(4-8-14)11-22-16(23)13-5-9-15(10-6-13)18(19,20)21/h3-10,24H,11H2,1-2H3,(H,22,23). The lowest BCUT2D eigenvalue weighted by Crippen LogP contribution is -2.23. The zero-order chi connectivity index (χ0) is 18.0. The highest BCUT2D eigenvalue weighted by Crippen LogP contribution is 2.29. The summed E-state index contributed by atoms with van der Waals surface area (Å²) in [5.74, 6) is -0.449. The van der Waals surface area contributed by atoms with Crippen LogP contribution in [0, 0.1) is 0 Å². The molecule has 0 aliphatic carbocycles. The Kier molecular flexibility index (Phi) is 4.99. The Morgan fingerprint density at radius 3 is 1.92 bits per heavy atom. The molecular weight excluding hydrogens is 319 g/mol. The quantitative estimate of drug-likeness (QED) is 0.890. The lowest BCUT2D eigenvalue weighted by molar-refractivity contribution is -0.137. The van der Waals surface area contributed by atoms with Gasteiger partial charge in [-0.25, -0.2) is 0 Å². The largest absolute Gasteiger partial charge is 0.416 e. The van der Waals surface area contributed by atoms with Crippen molar-refractivity contribution in [2.24, 2.45) is 0 Å². The Morgan fingerprint density at radius 2 is 1.46 bits per heavy atom. The van der Waals surface area contributed by atoms with E-state index in [1.54, 1.807) is 38.1 Å². The van der Waals surface area contributed by atoms with Crippen LogP contribution < -0.4 is 5.32 Å². The van der Waals surface area contributed by atoms with E-state index in [2.05, 4.69) is 5.32 Å². The van der Waals surface area contributed by atoms with Gasteiger partial charge in [-0.3, -0.25) is 4.79 Å². The van der Waals surface area contributed by atoms with E-state index in [-0.39, 0.29) is 12.1 Å². The molecule has 0 bridgehead atoms. The summed E-state index contributed by atoms with van der Waals surface area (Å²) in [6.45, 7) is 3.59. The number of hydrogen-bond acceptors (Lipinski definition) is 2. The number of halogens is 3. The molecule has 0 aliphatic rings. The summed E-state index contributed by atoms with van der Waals surface area (Å²) in [6.07, 6.45) is -4.42. The highest BCUT2D eigenvalue weighted by molar-refractivity contribution is 5.94. The van der Waals surface area contributed by atoms with Crippen LogP contribution in [0.4, 0.5) is 13.2 Å². The molecule has 1 amide bonds. The molecule has 0 saturated carbocycles. The molecule has 3 nitrogen and oxygen atoms in total. The molecule has 6 heteroatoms. The van der Waals surface area contributed by atoms with Gasteiger partial charge in [-0.15, -0.1) is 0 Å². The predicted octanol–water partition coefficient (Wildman–Crippen LogP) is 3.86. The van der Waals surface area contributed by atoms with Crippen LogP contribution in [0.1, 0.15) is 40.9 Å². The predicted molar refractivity (Wildman–Crippen MR) is 84.3 cm³/mol. The fourth-order valence-electron chi connectivity index (χ4n) is 2.13. The Morgan fingerprint density at radius 1 is 0.958 bits per heavy atom. The van der Waals surface area contributed by atoms with Crippen molar-refractivity contribution in [3.63, 3.8) is 0 Å². The summed E-state index contributed by atoms with van der Waals surface area (Å²) in [7, 11) is 0. The van der Waals surface area contributed by atoms with E-state index in [1.165, 1.54) is 0 Å². The fraction of sp³-hybridized carbons (Fsp3) is 0.278. The summed E-state index contributed by atoms with van der Waals surface area (Å²) >= 11 is 0. The normalized spacial score (nSPS) is 12.1. The SMILES string of the molecule is CC(C)(O)c1ccc(CNC(=O)c2ccc(C(F)(F)F)cc2)cc1. The molecule has 2 rings (SSSR count). The van der Waals surface area contributed by atoms with Gasteiger partial charge in [-0.1, -0.05) is 24.3 Å². The van der Waals surface area contributed by atoms with Gasteiger partial charge in [0.05, 0.1) is 11.2 Å². The summed E-state index contributed by atoms with van der Waals surface area (Å²) in [5.41, 5.74) is 0.00287. The molecule has 0 aliphatic heterocycles. The van der Waals surface area contributed by atoms with Gasteiger partial charge in [0, 0.05) is 12.1 Å². The molecule has 0 fully saturated rings. The number of benzene rings is 2. The molecule has 24 heavy (non-hydrogen) atoms. The van der Waals surface area contributed by atoms with E-state index in [0.717, 1.165) is 35.4 Å². The molecule has 2 N–H and O–H groups in total. The Bertz CT molecular complexity index is 699. The molecule has 0 unspecified atom stereocenters. The number of alkyl halides is 3. The van der Waals surface area contributed by atoms with Gasteiger partial charge in [0.1, 0.15) is 0 Å². The van der Waals surface area contributed by atoms with Gasteiger partial charge < -0.3 is 10.4 Å². The fourth-order valence-corrected chi connectivity index (χ4v) is 2.13. The van der Waals surface area contributed by atoms with E-state index in [4.69, 9.17) is 0 Å². The minimum Gasteiger partial charge on any atom is -0.386 e. The molecule has 0 atom stereocenters. The highest BCUT2D eigenvalue weighted by atomic mass is 19.4. The van der Waals surface area contributed by atoms with Gasteiger partial charge in [0.15, 0.2) is 0 Å². The Labute approximate surface area is 138 Å². The number of rotatable bonds is 4. The maximum atomic E-state index is 12.5. The second-order valence-corrected chi connectivity index (χ2v) is 6.01. The first-order chi connectivity index (χ1) is 11.1. The maximum Gasteiger partial charge on any atom is 0.416 e. The Balaban J connectivity index is 1.98. The van der Waals surface area contributed by atoms with Crippen molar-refractivity contribution in [2.45, 2.75) is 32.2 Å². The third-order valence-corrected chi connectivity index (χ3v) is 3.59. The van der Waals surface area contributed by atoms with Crippen molar-refractivity contribution in [3.8, 4) is 0 Å². The third-order valence-electron chi connectivity index (χ3n) is 3.59. The lowest BCUT2D eigenvalue weighted by Gasteiger charge is -2.18. The third kappa shape index (κ3) is 4.58. The minimum absolute atomic E-state index is 0.163. The van der Waals surface area contributed by atoms with Crippen LogP contribution in [0.25, 0.3) is 0 Å². The molecule has 128 valence electrons. The van der Waals surface area contributed by atoms with Crippen molar-refractivity contribution < 1.29 is 23.1 Å².